The van der Waals surface area contributed by atoms with Gasteiger partial charge in [0.25, 0.3) is 0 Å². The van der Waals surface area contributed by atoms with E-state index in [1.54, 1.807) is 0 Å². The van der Waals surface area contributed by atoms with Gasteiger partial charge in [-0.1, -0.05) is 65.1 Å². The van der Waals surface area contributed by atoms with E-state index in [1.165, 1.54) is 19.6 Å². The molecule has 126 valence electrons. The highest BCUT2D eigenvalue weighted by Gasteiger charge is 2.33. The number of quaternary nitrogens is 1. The Balaban J connectivity index is 2.59. The largest absolute Gasteiger partial charge is 0.324 e. The van der Waals surface area contributed by atoms with Gasteiger partial charge in [-0.25, -0.2) is 0 Å². The number of nitrogens with one attached hydrogen (secondary N) is 1. The van der Waals surface area contributed by atoms with Crippen molar-refractivity contribution < 1.29 is 4.48 Å². The van der Waals surface area contributed by atoms with Crippen LogP contribution in [0.2, 0.25) is 0 Å². The van der Waals surface area contributed by atoms with Gasteiger partial charge in [-0.05, 0) is 26.3 Å². The van der Waals surface area contributed by atoms with Crippen LogP contribution in [-0.4, -0.2) is 41.0 Å². The third-order valence-corrected chi connectivity index (χ3v) is 5.29. The summed E-state index contributed by atoms with van der Waals surface area (Å²) >= 11 is 18.4. The number of halogens is 3. The van der Waals surface area contributed by atoms with E-state index in [-0.39, 0.29) is 6.04 Å². The van der Waals surface area contributed by atoms with Crippen molar-refractivity contribution in [3.05, 3.63) is 35.9 Å². The molecule has 1 aromatic rings. The first-order chi connectivity index (χ1) is 10.4. The molecule has 0 aromatic heterocycles. The molecule has 2 nitrogen and oxygen atoms in total. The van der Waals surface area contributed by atoms with Crippen LogP contribution in [0.4, 0.5) is 0 Å². The number of benzene rings is 1. The van der Waals surface area contributed by atoms with Crippen molar-refractivity contribution in [1.29, 1.82) is 0 Å². The van der Waals surface area contributed by atoms with Gasteiger partial charge in [0.2, 0.25) is 3.79 Å². The Morgan fingerprint density at radius 1 is 1.00 bits per heavy atom. The second kappa shape index (κ2) is 9.34. The Labute approximate surface area is 150 Å². The lowest BCUT2D eigenvalue weighted by molar-refractivity contribution is -0.923. The molecule has 0 aliphatic carbocycles. The topological polar surface area (TPSA) is 12.0 Å². The summed E-state index contributed by atoms with van der Waals surface area (Å²) in [6.45, 7) is 12.3. The molecule has 22 heavy (non-hydrogen) atoms. The summed E-state index contributed by atoms with van der Waals surface area (Å²) in [6, 6.07) is 9.59. The minimum atomic E-state index is -1.35. The third kappa shape index (κ3) is 5.90. The van der Waals surface area contributed by atoms with E-state index in [9.17, 15) is 0 Å². The normalized spacial score (nSPS) is 14.1. The minimum Gasteiger partial charge on any atom is -0.324 e. The molecule has 1 aromatic carbocycles. The maximum Gasteiger partial charge on any atom is 0.209 e. The van der Waals surface area contributed by atoms with Gasteiger partial charge >= 0.3 is 0 Å². The maximum atomic E-state index is 6.15. The van der Waals surface area contributed by atoms with E-state index in [2.05, 4.69) is 26.1 Å². The van der Waals surface area contributed by atoms with Crippen LogP contribution in [0.1, 0.15) is 38.8 Å². The SMILES string of the molecule is CC[N+](CC)(CC)CCCN[C@H](c1ccccc1)C(Cl)(Cl)Cl. The van der Waals surface area contributed by atoms with Crippen molar-refractivity contribution in [2.75, 3.05) is 32.7 Å². The van der Waals surface area contributed by atoms with Crippen molar-refractivity contribution in [1.82, 2.24) is 5.32 Å². The second-order valence-electron chi connectivity index (χ2n) is 5.71. The van der Waals surface area contributed by atoms with Crippen molar-refractivity contribution in [2.45, 2.75) is 37.0 Å². The molecule has 0 amide bonds. The van der Waals surface area contributed by atoms with E-state index in [4.69, 9.17) is 34.8 Å². The van der Waals surface area contributed by atoms with E-state index < -0.39 is 3.79 Å². The van der Waals surface area contributed by atoms with Gasteiger partial charge < -0.3 is 9.80 Å². The molecule has 0 unspecified atom stereocenters. The second-order valence-corrected chi connectivity index (χ2v) is 8.08. The van der Waals surface area contributed by atoms with Crippen LogP contribution in [0, 0.1) is 0 Å². The average Bonchev–Trinajstić information content (AvgIpc) is 2.51. The summed E-state index contributed by atoms with van der Waals surface area (Å²) in [4.78, 5) is 0. The number of hydrogen-bond donors (Lipinski definition) is 1. The molecule has 0 aliphatic rings. The van der Waals surface area contributed by atoms with Crippen LogP contribution >= 0.6 is 34.8 Å². The Morgan fingerprint density at radius 2 is 1.55 bits per heavy atom. The highest BCUT2D eigenvalue weighted by atomic mass is 35.6. The van der Waals surface area contributed by atoms with Gasteiger partial charge in [-0.3, -0.25) is 0 Å². The summed E-state index contributed by atoms with van der Waals surface area (Å²) in [7, 11) is 0. The molecule has 0 spiro atoms. The zero-order valence-electron chi connectivity index (χ0n) is 13.8. The minimum absolute atomic E-state index is 0.287. The van der Waals surface area contributed by atoms with E-state index >= 15 is 0 Å². The fourth-order valence-corrected chi connectivity index (χ4v) is 3.48. The molecule has 1 atom stereocenters. The summed E-state index contributed by atoms with van der Waals surface area (Å²) in [6.07, 6.45) is 1.07. The predicted octanol–water partition coefficient (Wildman–Crippen LogP) is 4.95. The van der Waals surface area contributed by atoms with Gasteiger partial charge in [0.15, 0.2) is 0 Å². The van der Waals surface area contributed by atoms with Crippen LogP contribution in [0.5, 0.6) is 0 Å². The van der Waals surface area contributed by atoms with Crippen LogP contribution in [0.25, 0.3) is 0 Å². The molecule has 0 bridgehead atoms. The molecule has 1 rings (SSSR count). The number of nitrogens with zero attached hydrogens (tertiary/aromatic N) is 1. The van der Waals surface area contributed by atoms with Crippen LogP contribution in [-0.2, 0) is 0 Å². The first-order valence-corrected chi connectivity index (χ1v) is 9.22. The lowest BCUT2D eigenvalue weighted by Gasteiger charge is -2.36. The monoisotopic (exact) mass is 365 g/mol. The number of alkyl halides is 3. The van der Waals surface area contributed by atoms with Gasteiger partial charge in [0, 0.05) is 13.0 Å². The molecule has 0 saturated carbocycles. The zero-order valence-corrected chi connectivity index (χ0v) is 16.1. The standard InChI is InChI=1S/C17H28Cl3N2/c1-4-22(5-2,6-3)14-10-13-21-16(17(18,19)20)15-11-8-7-9-12-15/h7-9,11-12,16,21H,4-6,10,13-14H2,1-3H3/q+1/t16-/m1/s1. The lowest BCUT2D eigenvalue weighted by atomic mass is 10.1. The van der Waals surface area contributed by atoms with Crippen LogP contribution < -0.4 is 5.32 Å². The third-order valence-electron chi connectivity index (χ3n) is 4.63. The van der Waals surface area contributed by atoms with Gasteiger partial charge in [0.1, 0.15) is 0 Å². The van der Waals surface area contributed by atoms with Crippen molar-refractivity contribution >= 4 is 34.8 Å². The summed E-state index contributed by atoms with van der Waals surface area (Å²) in [5, 5.41) is 3.42. The average molecular weight is 367 g/mol. The summed E-state index contributed by atoms with van der Waals surface area (Å²) in [5.74, 6) is 0. The molecule has 0 radical (unpaired) electrons. The number of rotatable bonds is 9. The first-order valence-electron chi connectivity index (χ1n) is 8.08. The van der Waals surface area contributed by atoms with Crippen molar-refractivity contribution in [3.63, 3.8) is 0 Å². The van der Waals surface area contributed by atoms with E-state index in [1.807, 2.05) is 30.3 Å². The summed E-state index contributed by atoms with van der Waals surface area (Å²) in [5.41, 5.74) is 1.00. The highest BCUT2D eigenvalue weighted by molar-refractivity contribution is 6.68. The molecular formula is C17H28Cl3N2+. The molecule has 0 heterocycles. The maximum absolute atomic E-state index is 6.15. The Bertz CT molecular complexity index is 405. The highest BCUT2D eigenvalue weighted by Crippen LogP contribution is 2.39. The Hall–Kier alpha value is 0.01000. The van der Waals surface area contributed by atoms with Gasteiger partial charge in [-0.2, -0.15) is 0 Å². The molecule has 5 heteroatoms. The Kier molecular flexibility index (Phi) is 8.52. The number of hydrogen-bond acceptors (Lipinski definition) is 1. The van der Waals surface area contributed by atoms with Crippen molar-refractivity contribution in [3.8, 4) is 0 Å². The Morgan fingerprint density at radius 3 is 2.00 bits per heavy atom. The predicted molar refractivity (Wildman–Crippen MR) is 98.8 cm³/mol. The fourth-order valence-electron chi connectivity index (χ4n) is 2.87. The van der Waals surface area contributed by atoms with Gasteiger partial charge in [0.05, 0.1) is 32.2 Å². The van der Waals surface area contributed by atoms with Crippen LogP contribution in [0.15, 0.2) is 30.3 Å². The summed E-state index contributed by atoms with van der Waals surface area (Å²) < 4.78 is -0.209. The van der Waals surface area contributed by atoms with Gasteiger partial charge in [-0.15, -0.1) is 0 Å². The fraction of sp³-hybridized carbons (Fsp3) is 0.647. The van der Waals surface area contributed by atoms with Crippen molar-refractivity contribution in [2.24, 2.45) is 0 Å². The molecule has 0 fully saturated rings. The van der Waals surface area contributed by atoms with E-state index in [0.29, 0.717) is 0 Å². The van der Waals surface area contributed by atoms with E-state index in [0.717, 1.165) is 29.6 Å². The lowest BCUT2D eigenvalue weighted by Crippen LogP contribution is -2.49. The smallest absolute Gasteiger partial charge is 0.209 e. The molecule has 0 aliphatic heterocycles. The van der Waals surface area contributed by atoms with Crippen LogP contribution in [0.3, 0.4) is 0 Å². The molecule has 0 saturated heterocycles. The molecular weight excluding hydrogens is 339 g/mol. The first kappa shape index (κ1) is 20.1. The quantitative estimate of drug-likeness (QED) is 0.370. The molecule has 1 N–H and O–H groups in total. The zero-order chi connectivity index (χ0) is 16.6.